The molecule has 114 valence electrons. The molecular weight excluding hydrogens is 303 g/mol. The van der Waals surface area contributed by atoms with Crippen molar-refractivity contribution in [3.8, 4) is 0 Å². The van der Waals surface area contributed by atoms with E-state index in [9.17, 15) is 26.4 Å². The van der Waals surface area contributed by atoms with Gasteiger partial charge in [-0.3, -0.25) is 4.79 Å². The summed E-state index contributed by atoms with van der Waals surface area (Å²) in [4.78, 5) is 11.4. The summed E-state index contributed by atoms with van der Waals surface area (Å²) in [5.74, 6) is -1.99. The highest BCUT2D eigenvalue weighted by Crippen LogP contribution is 2.23. The smallest absolute Gasteiger partial charge is 0.420 e. The van der Waals surface area contributed by atoms with Crippen molar-refractivity contribution < 1.29 is 30.8 Å². The second-order valence-corrected chi connectivity index (χ2v) is 10.9. The molecule has 1 N–H and O–H groups in total. The summed E-state index contributed by atoms with van der Waals surface area (Å²) in [7, 11) is -6.02. The van der Waals surface area contributed by atoms with E-state index in [-0.39, 0.29) is 6.42 Å². The SMILES string of the molecule is CO[Si](C)(C)CCC(C)C(=O)NS(=O)(=O)C(F)(F)F. The average molecular weight is 321 g/mol. The summed E-state index contributed by atoms with van der Waals surface area (Å²) in [6, 6.07) is 0.546. The van der Waals surface area contributed by atoms with Gasteiger partial charge in [-0.25, -0.2) is 4.72 Å². The summed E-state index contributed by atoms with van der Waals surface area (Å²) in [5, 5.41) is 0. The normalized spacial score (nSPS) is 15.1. The van der Waals surface area contributed by atoms with Crippen LogP contribution >= 0.6 is 0 Å². The van der Waals surface area contributed by atoms with E-state index in [1.54, 1.807) is 0 Å². The van der Waals surface area contributed by atoms with Crippen molar-refractivity contribution in [2.75, 3.05) is 7.11 Å². The minimum absolute atomic E-state index is 0.270. The Morgan fingerprint density at radius 3 is 2.21 bits per heavy atom. The van der Waals surface area contributed by atoms with Crippen molar-refractivity contribution in [3.63, 3.8) is 0 Å². The first-order chi connectivity index (χ1) is 8.32. The first-order valence-electron chi connectivity index (χ1n) is 5.50. The number of amides is 1. The fourth-order valence-electron chi connectivity index (χ4n) is 1.09. The Hall–Kier alpha value is -0.613. The molecule has 0 aliphatic rings. The summed E-state index contributed by atoms with van der Waals surface area (Å²) < 4.78 is 64.0. The van der Waals surface area contributed by atoms with Gasteiger partial charge in [-0.15, -0.1) is 0 Å². The average Bonchev–Trinajstić information content (AvgIpc) is 2.23. The van der Waals surface area contributed by atoms with Gasteiger partial charge in [0.1, 0.15) is 0 Å². The molecule has 0 heterocycles. The lowest BCUT2D eigenvalue weighted by atomic mass is 10.1. The first kappa shape index (κ1) is 18.4. The van der Waals surface area contributed by atoms with Crippen molar-refractivity contribution in [1.29, 1.82) is 0 Å². The molecule has 0 bridgehead atoms. The number of carbonyl (C=O) groups is 1. The maximum atomic E-state index is 12.1. The molecule has 0 saturated carbocycles. The molecular formula is C9H18F3NO4SSi. The number of hydrogen-bond acceptors (Lipinski definition) is 4. The number of nitrogens with one attached hydrogen (secondary N) is 1. The van der Waals surface area contributed by atoms with Crippen LogP contribution in [0.5, 0.6) is 0 Å². The number of rotatable bonds is 6. The van der Waals surface area contributed by atoms with Gasteiger partial charge >= 0.3 is 15.5 Å². The molecule has 10 heteroatoms. The van der Waals surface area contributed by atoms with Gasteiger partial charge in [0.25, 0.3) is 0 Å². The molecule has 0 spiro atoms. The van der Waals surface area contributed by atoms with Crippen molar-refractivity contribution in [2.45, 2.75) is 38.0 Å². The Morgan fingerprint density at radius 2 is 1.84 bits per heavy atom. The standard InChI is InChI=1S/C9H18F3NO4SSi/c1-7(5-6-19(3,4)17-2)8(14)13-18(15,16)9(10,11)12/h7H,5-6H2,1-4H3,(H,13,14). The van der Waals surface area contributed by atoms with Gasteiger partial charge in [-0.1, -0.05) is 6.92 Å². The Balaban J connectivity index is 4.54. The number of carbonyl (C=O) groups excluding carboxylic acids is 1. The summed E-state index contributed by atoms with van der Waals surface area (Å²) in [6.07, 6.45) is 0.270. The van der Waals surface area contributed by atoms with Crippen LogP contribution in [-0.4, -0.2) is 35.3 Å². The van der Waals surface area contributed by atoms with E-state index in [4.69, 9.17) is 4.43 Å². The minimum Gasteiger partial charge on any atom is -0.420 e. The van der Waals surface area contributed by atoms with Gasteiger partial charge in [0, 0.05) is 13.0 Å². The lowest BCUT2D eigenvalue weighted by molar-refractivity contribution is -0.123. The summed E-state index contributed by atoms with van der Waals surface area (Å²) in [5.41, 5.74) is -5.48. The van der Waals surface area contributed by atoms with Gasteiger partial charge < -0.3 is 4.43 Å². The van der Waals surface area contributed by atoms with Crippen molar-refractivity contribution >= 4 is 24.2 Å². The maximum Gasteiger partial charge on any atom is 0.516 e. The Bertz CT molecular complexity index is 422. The number of hydrogen-bond donors (Lipinski definition) is 1. The van der Waals surface area contributed by atoms with Gasteiger partial charge in [-0.05, 0) is 25.6 Å². The summed E-state index contributed by atoms with van der Waals surface area (Å²) in [6.45, 7) is 5.16. The van der Waals surface area contributed by atoms with E-state index >= 15 is 0 Å². The molecule has 0 aromatic carbocycles. The molecule has 19 heavy (non-hydrogen) atoms. The van der Waals surface area contributed by atoms with Gasteiger partial charge in [0.05, 0.1) is 0 Å². The van der Waals surface area contributed by atoms with E-state index < -0.39 is 35.7 Å². The Kier molecular flexibility index (Phi) is 6.02. The van der Waals surface area contributed by atoms with Crippen LogP contribution in [-0.2, 0) is 19.2 Å². The fourth-order valence-corrected chi connectivity index (χ4v) is 3.00. The quantitative estimate of drug-likeness (QED) is 0.758. The van der Waals surface area contributed by atoms with Crippen LogP contribution in [0.25, 0.3) is 0 Å². The lowest BCUT2D eigenvalue weighted by Crippen LogP contribution is -2.42. The maximum absolute atomic E-state index is 12.1. The van der Waals surface area contributed by atoms with Crippen LogP contribution in [0.1, 0.15) is 13.3 Å². The predicted octanol–water partition coefficient (Wildman–Crippen LogP) is 1.83. The van der Waals surface area contributed by atoms with Crippen molar-refractivity contribution in [3.05, 3.63) is 0 Å². The molecule has 1 unspecified atom stereocenters. The molecule has 5 nitrogen and oxygen atoms in total. The highest BCUT2D eigenvalue weighted by molar-refractivity contribution is 7.90. The number of halogens is 3. The molecule has 0 radical (unpaired) electrons. The highest BCUT2D eigenvalue weighted by atomic mass is 32.2. The van der Waals surface area contributed by atoms with Crippen molar-refractivity contribution in [2.24, 2.45) is 5.92 Å². The zero-order chi connectivity index (χ0) is 15.5. The summed E-state index contributed by atoms with van der Waals surface area (Å²) >= 11 is 0. The Labute approximate surface area is 111 Å². The first-order valence-corrected chi connectivity index (χ1v) is 10.1. The molecule has 0 aromatic rings. The second-order valence-electron chi connectivity index (χ2n) is 4.82. The van der Waals surface area contributed by atoms with Crippen LogP contribution in [0.2, 0.25) is 19.1 Å². The zero-order valence-corrected chi connectivity index (χ0v) is 13.0. The molecule has 0 rings (SSSR count). The molecule has 0 saturated heterocycles. The topological polar surface area (TPSA) is 72.5 Å². The van der Waals surface area contributed by atoms with Gasteiger partial charge in [0.2, 0.25) is 5.91 Å². The largest absolute Gasteiger partial charge is 0.516 e. The lowest BCUT2D eigenvalue weighted by Gasteiger charge is -2.21. The van der Waals surface area contributed by atoms with E-state index in [0.717, 1.165) is 4.72 Å². The van der Waals surface area contributed by atoms with Crippen LogP contribution < -0.4 is 4.72 Å². The van der Waals surface area contributed by atoms with Crippen LogP contribution in [0, 0.1) is 5.92 Å². The number of sulfonamides is 1. The predicted molar refractivity (Wildman–Crippen MR) is 66.2 cm³/mol. The monoisotopic (exact) mass is 321 g/mol. The number of alkyl halides is 3. The van der Waals surface area contributed by atoms with Crippen LogP contribution in [0.4, 0.5) is 13.2 Å². The third-order valence-corrected chi connectivity index (χ3v) is 6.40. The van der Waals surface area contributed by atoms with E-state index in [1.807, 2.05) is 13.1 Å². The van der Waals surface area contributed by atoms with Crippen LogP contribution in [0.15, 0.2) is 0 Å². The van der Waals surface area contributed by atoms with E-state index in [1.165, 1.54) is 14.0 Å². The zero-order valence-electron chi connectivity index (χ0n) is 11.2. The molecule has 0 aliphatic heterocycles. The van der Waals surface area contributed by atoms with E-state index in [0.29, 0.717) is 6.04 Å². The van der Waals surface area contributed by atoms with Gasteiger partial charge in [0.15, 0.2) is 8.32 Å². The molecule has 0 aliphatic carbocycles. The third-order valence-electron chi connectivity index (χ3n) is 2.72. The highest BCUT2D eigenvalue weighted by Gasteiger charge is 2.47. The van der Waals surface area contributed by atoms with Gasteiger partial charge in [-0.2, -0.15) is 21.6 Å². The third kappa shape index (κ3) is 5.91. The van der Waals surface area contributed by atoms with Crippen molar-refractivity contribution in [1.82, 2.24) is 4.72 Å². The molecule has 0 fully saturated rings. The fraction of sp³-hybridized carbons (Fsp3) is 0.889. The van der Waals surface area contributed by atoms with Crippen LogP contribution in [0.3, 0.4) is 0 Å². The van der Waals surface area contributed by atoms with E-state index in [2.05, 4.69) is 0 Å². The molecule has 1 amide bonds. The minimum atomic E-state index is -5.62. The molecule has 1 atom stereocenters. The second kappa shape index (κ2) is 6.22. The molecule has 0 aromatic heterocycles. The Morgan fingerprint density at radius 1 is 1.37 bits per heavy atom.